The summed E-state index contributed by atoms with van der Waals surface area (Å²) in [5.74, 6) is 0. The van der Waals surface area contributed by atoms with Crippen molar-refractivity contribution in [2.24, 2.45) is 0 Å². The third kappa shape index (κ3) is 3.92. The minimum Gasteiger partial charge on any atom is -0.394 e. The Bertz CT molecular complexity index is 775. The Labute approximate surface area is 172 Å². The van der Waals surface area contributed by atoms with Gasteiger partial charge in [-0.2, -0.15) is 0 Å². The number of hydrogen-bond acceptors (Lipinski definition) is 6. The van der Waals surface area contributed by atoms with Crippen molar-refractivity contribution < 1.29 is 29.2 Å². The largest absolute Gasteiger partial charge is 0.394 e. The van der Waals surface area contributed by atoms with Crippen molar-refractivity contribution in [3.05, 3.63) is 69.7 Å². The summed E-state index contributed by atoms with van der Waals surface area (Å²) in [5, 5.41) is 21.2. The van der Waals surface area contributed by atoms with E-state index in [4.69, 9.17) is 42.1 Å². The van der Waals surface area contributed by atoms with Crippen molar-refractivity contribution >= 4 is 23.2 Å². The molecular weight excluding hydrogens is 407 g/mol. The second kappa shape index (κ2) is 8.65. The quantitative estimate of drug-likeness (QED) is 0.781. The molecule has 0 aromatic heterocycles. The highest BCUT2D eigenvalue weighted by atomic mass is 35.5. The van der Waals surface area contributed by atoms with Crippen LogP contribution in [-0.2, 0) is 18.9 Å². The molecule has 4 rings (SSSR count). The van der Waals surface area contributed by atoms with Crippen LogP contribution in [0.25, 0.3) is 0 Å². The highest BCUT2D eigenvalue weighted by Crippen LogP contribution is 2.40. The van der Waals surface area contributed by atoms with Crippen LogP contribution in [0.3, 0.4) is 0 Å². The summed E-state index contributed by atoms with van der Waals surface area (Å²) in [6.07, 6.45) is -4.66. The smallest absolute Gasteiger partial charge is 0.186 e. The van der Waals surface area contributed by atoms with Gasteiger partial charge in [-0.15, -0.1) is 0 Å². The second-order valence-electron chi connectivity index (χ2n) is 6.67. The predicted molar refractivity (Wildman–Crippen MR) is 102 cm³/mol. The van der Waals surface area contributed by atoms with E-state index in [9.17, 15) is 10.2 Å². The zero-order chi connectivity index (χ0) is 19.7. The van der Waals surface area contributed by atoms with Gasteiger partial charge in [0.15, 0.2) is 12.6 Å². The van der Waals surface area contributed by atoms with Gasteiger partial charge in [0.05, 0.1) is 13.2 Å². The maximum atomic E-state index is 10.5. The van der Waals surface area contributed by atoms with Crippen LogP contribution >= 0.6 is 23.2 Å². The lowest BCUT2D eigenvalue weighted by Crippen LogP contribution is -2.51. The molecule has 0 amide bonds. The first-order valence-electron chi connectivity index (χ1n) is 8.94. The van der Waals surface area contributed by atoms with Crippen LogP contribution in [0.4, 0.5) is 0 Å². The van der Waals surface area contributed by atoms with Gasteiger partial charge in [-0.25, -0.2) is 0 Å². The topological polar surface area (TPSA) is 77.4 Å². The number of benzene rings is 2. The van der Waals surface area contributed by atoms with E-state index >= 15 is 0 Å². The first kappa shape index (κ1) is 20.1. The lowest BCUT2D eigenvalue weighted by atomic mass is 10.0. The summed E-state index contributed by atoms with van der Waals surface area (Å²) in [4.78, 5) is 0. The second-order valence-corrected chi connectivity index (χ2v) is 7.48. The van der Waals surface area contributed by atoms with Crippen LogP contribution in [0, 0.1) is 0 Å². The van der Waals surface area contributed by atoms with E-state index in [0.29, 0.717) is 21.2 Å². The van der Waals surface area contributed by atoms with Crippen molar-refractivity contribution in [1.29, 1.82) is 0 Å². The molecule has 0 aliphatic carbocycles. The number of aliphatic hydroxyl groups is 2. The van der Waals surface area contributed by atoms with Crippen LogP contribution in [-0.4, -0.2) is 47.8 Å². The minimum absolute atomic E-state index is 0.0370. The number of aliphatic hydroxyl groups excluding tert-OH is 2. The van der Waals surface area contributed by atoms with Crippen molar-refractivity contribution in [3.8, 4) is 0 Å². The molecule has 0 saturated carbocycles. The van der Waals surface area contributed by atoms with Gasteiger partial charge in [-0.1, -0.05) is 59.6 Å². The Morgan fingerprint density at radius 1 is 0.821 bits per heavy atom. The lowest BCUT2D eigenvalue weighted by molar-refractivity contribution is -0.279. The first-order chi connectivity index (χ1) is 13.6. The molecule has 2 unspecified atom stereocenters. The third-order valence-corrected chi connectivity index (χ3v) is 5.53. The van der Waals surface area contributed by atoms with E-state index < -0.39 is 37.0 Å². The average Bonchev–Trinajstić information content (AvgIpc) is 3.13. The van der Waals surface area contributed by atoms with Gasteiger partial charge in [0.1, 0.15) is 24.4 Å². The average molecular weight is 427 g/mol. The molecule has 0 radical (unpaired) electrons. The number of hydrogen-bond donors (Lipinski definition) is 2. The summed E-state index contributed by atoms with van der Waals surface area (Å²) in [5.41, 5.74) is 1.30. The molecule has 2 aliphatic rings. The molecule has 2 aromatic carbocycles. The van der Waals surface area contributed by atoms with Gasteiger partial charge in [-0.3, -0.25) is 0 Å². The number of ether oxygens (including phenoxy) is 4. The summed E-state index contributed by atoms with van der Waals surface area (Å²) >= 11 is 12.5. The molecular formula is C20H20Cl2O6. The Morgan fingerprint density at radius 2 is 1.39 bits per heavy atom. The van der Waals surface area contributed by atoms with Gasteiger partial charge in [0.25, 0.3) is 0 Å². The van der Waals surface area contributed by atoms with Crippen LogP contribution in [0.1, 0.15) is 23.7 Å². The standard InChI is InChI=1S/C20H20Cl2O6/c21-13-7-3-1-5-11(13)19-25-10-15(24)17(27-19)18-16(9-23)26-20(28-18)12-6-2-4-8-14(12)22/h1-8,15-20,23-24H,9-10H2/t15-,16+,17+,18+,19?,20?/m0/s1. The van der Waals surface area contributed by atoms with Crippen molar-refractivity contribution in [1.82, 2.24) is 0 Å². The zero-order valence-electron chi connectivity index (χ0n) is 14.8. The van der Waals surface area contributed by atoms with Crippen LogP contribution in [0.15, 0.2) is 48.5 Å². The molecule has 2 heterocycles. The molecule has 2 aliphatic heterocycles. The molecule has 8 heteroatoms. The van der Waals surface area contributed by atoms with Crippen molar-refractivity contribution in [2.75, 3.05) is 13.2 Å². The fourth-order valence-corrected chi connectivity index (χ4v) is 3.88. The van der Waals surface area contributed by atoms with Gasteiger partial charge in [0, 0.05) is 21.2 Å². The number of halogens is 2. The van der Waals surface area contributed by atoms with E-state index in [0.717, 1.165) is 0 Å². The summed E-state index contributed by atoms with van der Waals surface area (Å²) < 4.78 is 23.5. The summed E-state index contributed by atoms with van der Waals surface area (Å²) in [7, 11) is 0. The molecule has 2 N–H and O–H groups in total. The highest BCUT2D eigenvalue weighted by molar-refractivity contribution is 6.31. The minimum atomic E-state index is -0.952. The predicted octanol–water partition coefficient (Wildman–Crippen LogP) is 3.24. The van der Waals surface area contributed by atoms with E-state index in [1.807, 2.05) is 18.2 Å². The monoisotopic (exact) mass is 426 g/mol. The van der Waals surface area contributed by atoms with Crippen LogP contribution in [0.5, 0.6) is 0 Å². The number of rotatable bonds is 4. The SMILES string of the molecule is OC[C@H]1OC(c2ccccc2Cl)O[C@H]1[C@@H]1OC(c2ccccc2Cl)OC[C@@H]1O. The Balaban J connectivity index is 1.55. The lowest BCUT2D eigenvalue weighted by Gasteiger charge is -2.37. The molecule has 0 spiro atoms. The fourth-order valence-electron chi connectivity index (χ4n) is 3.43. The first-order valence-corrected chi connectivity index (χ1v) is 9.70. The molecule has 2 aromatic rings. The van der Waals surface area contributed by atoms with Gasteiger partial charge in [-0.05, 0) is 12.1 Å². The van der Waals surface area contributed by atoms with Gasteiger partial charge in [0.2, 0.25) is 0 Å². The van der Waals surface area contributed by atoms with E-state index in [-0.39, 0.29) is 13.2 Å². The molecule has 2 fully saturated rings. The normalized spacial score (nSPS) is 33.1. The molecule has 6 nitrogen and oxygen atoms in total. The zero-order valence-corrected chi connectivity index (χ0v) is 16.3. The molecule has 28 heavy (non-hydrogen) atoms. The van der Waals surface area contributed by atoms with Crippen molar-refractivity contribution in [3.63, 3.8) is 0 Å². The Hall–Kier alpha value is -1.22. The van der Waals surface area contributed by atoms with E-state index in [1.165, 1.54) is 0 Å². The summed E-state index contributed by atoms with van der Waals surface area (Å²) in [6.45, 7) is -0.259. The van der Waals surface area contributed by atoms with Gasteiger partial charge < -0.3 is 29.2 Å². The Kier molecular flexibility index (Phi) is 6.20. The van der Waals surface area contributed by atoms with Gasteiger partial charge >= 0.3 is 0 Å². The van der Waals surface area contributed by atoms with E-state index in [2.05, 4.69) is 0 Å². The Morgan fingerprint density at radius 3 is 2.00 bits per heavy atom. The maximum absolute atomic E-state index is 10.5. The molecule has 6 atom stereocenters. The third-order valence-electron chi connectivity index (χ3n) is 4.85. The van der Waals surface area contributed by atoms with E-state index in [1.54, 1.807) is 30.3 Å². The molecule has 150 valence electrons. The molecule has 2 saturated heterocycles. The van der Waals surface area contributed by atoms with Crippen LogP contribution < -0.4 is 0 Å². The van der Waals surface area contributed by atoms with Crippen molar-refractivity contribution in [2.45, 2.75) is 37.0 Å². The molecule has 0 bridgehead atoms. The highest BCUT2D eigenvalue weighted by Gasteiger charge is 2.48. The van der Waals surface area contributed by atoms with Crippen LogP contribution in [0.2, 0.25) is 10.0 Å². The fraction of sp³-hybridized carbons (Fsp3) is 0.400. The summed E-state index contributed by atoms with van der Waals surface area (Å²) in [6, 6.07) is 14.3. The maximum Gasteiger partial charge on any atom is 0.186 e.